The van der Waals surface area contributed by atoms with Crippen LogP contribution in [0.4, 0.5) is 5.69 Å². The molecule has 1 fully saturated rings. The van der Waals surface area contributed by atoms with Crippen LogP contribution in [-0.2, 0) is 9.84 Å². The van der Waals surface area contributed by atoms with Gasteiger partial charge in [0.25, 0.3) is 11.6 Å². The molecule has 2 unspecified atom stereocenters. The molecule has 1 N–H and O–H groups in total. The number of likely N-dealkylation sites (tertiary alicyclic amines) is 1. The van der Waals surface area contributed by atoms with E-state index in [4.69, 9.17) is 0 Å². The van der Waals surface area contributed by atoms with E-state index >= 15 is 0 Å². The maximum Gasteiger partial charge on any atom is 0.271 e. The predicted octanol–water partition coefficient (Wildman–Crippen LogP) is 2.48. The summed E-state index contributed by atoms with van der Waals surface area (Å²) in [4.78, 5) is 25.1. The summed E-state index contributed by atoms with van der Waals surface area (Å²) in [7, 11) is -3.68. The van der Waals surface area contributed by atoms with Gasteiger partial charge in [0.15, 0.2) is 9.84 Å². The number of sulfone groups is 1. The molecular formula is C19H29N3O5S. The van der Waals surface area contributed by atoms with Gasteiger partial charge >= 0.3 is 0 Å². The molecular weight excluding hydrogens is 382 g/mol. The van der Waals surface area contributed by atoms with Gasteiger partial charge in [-0.1, -0.05) is 13.8 Å². The van der Waals surface area contributed by atoms with Crippen molar-refractivity contribution in [3.8, 4) is 0 Å². The maximum atomic E-state index is 12.6. The van der Waals surface area contributed by atoms with Gasteiger partial charge in [0.1, 0.15) is 0 Å². The first kappa shape index (κ1) is 22.3. The lowest BCUT2D eigenvalue weighted by Crippen LogP contribution is -2.56. The number of benzene rings is 1. The van der Waals surface area contributed by atoms with Crippen LogP contribution in [0.2, 0.25) is 0 Å². The number of carbonyl (C=O) groups excluding carboxylic acids is 1. The number of hydrogen-bond acceptors (Lipinski definition) is 6. The van der Waals surface area contributed by atoms with E-state index in [0.717, 1.165) is 31.5 Å². The van der Waals surface area contributed by atoms with Crippen LogP contribution in [0, 0.1) is 22.0 Å². The predicted molar refractivity (Wildman–Crippen MR) is 107 cm³/mol. The molecule has 0 radical (unpaired) electrons. The highest BCUT2D eigenvalue weighted by Gasteiger charge is 2.33. The van der Waals surface area contributed by atoms with Crippen molar-refractivity contribution in [1.29, 1.82) is 0 Å². The van der Waals surface area contributed by atoms with E-state index < -0.39 is 26.4 Å². The fourth-order valence-corrected chi connectivity index (χ4v) is 4.38. The Morgan fingerprint density at radius 2 is 1.82 bits per heavy atom. The average molecular weight is 412 g/mol. The summed E-state index contributed by atoms with van der Waals surface area (Å²) in [5.41, 5.74) is -0.754. The number of nitrogens with one attached hydrogen (secondary N) is 1. The molecule has 1 heterocycles. The molecule has 2 rings (SSSR count). The highest BCUT2D eigenvalue weighted by atomic mass is 32.2. The summed E-state index contributed by atoms with van der Waals surface area (Å²) in [5, 5.41) is 13.9. The van der Waals surface area contributed by atoms with Gasteiger partial charge in [-0.05, 0) is 38.2 Å². The summed E-state index contributed by atoms with van der Waals surface area (Å²) < 4.78 is 23.6. The third-order valence-corrected chi connectivity index (χ3v) is 6.29. The number of nitro benzene ring substituents is 1. The van der Waals surface area contributed by atoms with Gasteiger partial charge in [0.05, 0.1) is 9.82 Å². The molecule has 1 saturated heterocycles. The van der Waals surface area contributed by atoms with Crippen molar-refractivity contribution < 1.29 is 18.1 Å². The largest absolute Gasteiger partial charge is 0.350 e. The SMILES string of the molecule is CC1CC(C)CN(C(C)(C)CNC(=O)c2cc([N+](=O)[O-])cc(S(C)(=O)=O)c2)C1. The first-order valence-electron chi connectivity index (χ1n) is 9.32. The van der Waals surface area contributed by atoms with Gasteiger partial charge in [-0.15, -0.1) is 0 Å². The molecule has 2 atom stereocenters. The number of carbonyl (C=O) groups is 1. The molecule has 1 amide bonds. The fraction of sp³-hybridized carbons (Fsp3) is 0.632. The number of non-ortho nitro benzene ring substituents is 1. The zero-order valence-corrected chi connectivity index (χ0v) is 17.9. The maximum absolute atomic E-state index is 12.6. The lowest BCUT2D eigenvalue weighted by atomic mass is 9.88. The Kier molecular flexibility index (Phi) is 6.50. The minimum Gasteiger partial charge on any atom is -0.350 e. The summed E-state index contributed by atoms with van der Waals surface area (Å²) in [6.45, 7) is 10.8. The van der Waals surface area contributed by atoms with E-state index in [1.54, 1.807) is 0 Å². The highest BCUT2D eigenvalue weighted by molar-refractivity contribution is 7.90. The van der Waals surface area contributed by atoms with Crippen LogP contribution in [0.25, 0.3) is 0 Å². The summed E-state index contributed by atoms with van der Waals surface area (Å²) in [6, 6.07) is 3.24. The van der Waals surface area contributed by atoms with Crippen LogP contribution in [0.3, 0.4) is 0 Å². The molecule has 156 valence electrons. The standard InChI is InChI=1S/C19H29N3O5S/c1-13-6-14(2)11-21(10-13)19(3,4)12-20-18(23)15-7-16(22(24)25)9-17(8-15)28(5,26)27/h7-9,13-14H,6,10-12H2,1-5H3,(H,20,23). The smallest absolute Gasteiger partial charge is 0.271 e. The second kappa shape index (κ2) is 8.16. The number of nitrogens with zero attached hydrogens (tertiary/aromatic N) is 2. The van der Waals surface area contributed by atoms with Crippen LogP contribution in [0.15, 0.2) is 23.1 Å². The first-order chi connectivity index (χ1) is 12.8. The third kappa shape index (κ3) is 5.51. The van der Waals surface area contributed by atoms with Crippen molar-refractivity contribution in [2.24, 2.45) is 11.8 Å². The van der Waals surface area contributed by atoms with Crippen molar-refractivity contribution in [2.75, 3.05) is 25.9 Å². The normalized spacial score (nSPS) is 21.3. The van der Waals surface area contributed by atoms with E-state index in [1.807, 2.05) is 13.8 Å². The van der Waals surface area contributed by atoms with E-state index in [0.29, 0.717) is 18.4 Å². The molecule has 1 aromatic carbocycles. The topological polar surface area (TPSA) is 110 Å². The Hall–Kier alpha value is -2.00. The number of hydrogen-bond donors (Lipinski definition) is 1. The lowest BCUT2D eigenvalue weighted by molar-refractivity contribution is -0.385. The monoisotopic (exact) mass is 411 g/mol. The molecule has 1 aliphatic rings. The molecule has 28 heavy (non-hydrogen) atoms. The Bertz CT molecular complexity index is 856. The van der Waals surface area contributed by atoms with Gasteiger partial charge in [0.2, 0.25) is 0 Å². The molecule has 0 aromatic heterocycles. The van der Waals surface area contributed by atoms with Gasteiger partial charge in [-0.3, -0.25) is 19.8 Å². The van der Waals surface area contributed by atoms with Gasteiger partial charge in [-0.25, -0.2) is 8.42 Å². The second-order valence-corrected chi connectivity index (χ2v) is 10.6. The number of amides is 1. The van der Waals surface area contributed by atoms with Crippen LogP contribution in [0.1, 0.15) is 44.5 Å². The zero-order valence-electron chi connectivity index (χ0n) is 17.1. The van der Waals surface area contributed by atoms with Crippen molar-refractivity contribution in [3.63, 3.8) is 0 Å². The minimum absolute atomic E-state index is 0.0363. The van der Waals surface area contributed by atoms with Crippen molar-refractivity contribution in [3.05, 3.63) is 33.9 Å². The quantitative estimate of drug-likeness (QED) is 0.569. The first-order valence-corrected chi connectivity index (χ1v) is 11.2. The fourth-order valence-electron chi connectivity index (χ4n) is 3.70. The average Bonchev–Trinajstić information content (AvgIpc) is 2.57. The van der Waals surface area contributed by atoms with Crippen LogP contribution < -0.4 is 5.32 Å². The summed E-state index contributed by atoms with van der Waals surface area (Å²) >= 11 is 0. The number of rotatable bonds is 6. The molecule has 0 spiro atoms. The Balaban J connectivity index is 2.18. The number of nitro groups is 1. The molecule has 1 aromatic rings. The van der Waals surface area contributed by atoms with Crippen LogP contribution in [-0.4, -0.2) is 55.6 Å². The molecule has 1 aliphatic heterocycles. The van der Waals surface area contributed by atoms with E-state index in [9.17, 15) is 23.3 Å². The molecule has 0 saturated carbocycles. The minimum atomic E-state index is -3.68. The Morgan fingerprint density at radius 1 is 1.25 bits per heavy atom. The van der Waals surface area contributed by atoms with E-state index in [1.165, 1.54) is 12.5 Å². The highest BCUT2D eigenvalue weighted by Crippen LogP contribution is 2.27. The van der Waals surface area contributed by atoms with Crippen molar-refractivity contribution in [1.82, 2.24) is 10.2 Å². The van der Waals surface area contributed by atoms with Gasteiger partial charge in [0, 0.05) is 49.1 Å². The molecule has 0 aliphatic carbocycles. The summed E-state index contributed by atoms with van der Waals surface area (Å²) in [5.74, 6) is 0.625. The Morgan fingerprint density at radius 3 is 2.32 bits per heavy atom. The molecule has 0 bridgehead atoms. The van der Waals surface area contributed by atoms with Gasteiger partial charge < -0.3 is 5.32 Å². The zero-order chi connectivity index (χ0) is 21.3. The van der Waals surface area contributed by atoms with Crippen molar-refractivity contribution in [2.45, 2.75) is 44.6 Å². The number of piperidine rings is 1. The Labute approximate surface area is 166 Å². The lowest BCUT2D eigenvalue weighted by Gasteiger charge is -2.45. The van der Waals surface area contributed by atoms with Gasteiger partial charge in [-0.2, -0.15) is 0 Å². The van der Waals surface area contributed by atoms with E-state index in [2.05, 4.69) is 24.1 Å². The van der Waals surface area contributed by atoms with Crippen LogP contribution >= 0.6 is 0 Å². The summed E-state index contributed by atoms with van der Waals surface area (Å²) in [6.07, 6.45) is 2.14. The van der Waals surface area contributed by atoms with Crippen molar-refractivity contribution >= 4 is 21.4 Å². The molecule has 9 heteroatoms. The third-order valence-electron chi connectivity index (χ3n) is 5.20. The van der Waals surface area contributed by atoms with Crippen LogP contribution in [0.5, 0.6) is 0 Å². The van der Waals surface area contributed by atoms with E-state index in [-0.39, 0.29) is 16.0 Å². The molecule has 8 nitrogen and oxygen atoms in total. The second-order valence-electron chi connectivity index (χ2n) is 8.59.